The van der Waals surface area contributed by atoms with Crippen molar-refractivity contribution in [3.8, 4) is 23.0 Å². The summed E-state index contributed by atoms with van der Waals surface area (Å²) in [6, 6.07) is 35.0. The second kappa shape index (κ2) is 6.93. The third-order valence-electron chi connectivity index (χ3n) is 6.16. The first-order chi connectivity index (χ1) is 16.4. The number of hydrogen-bond donors (Lipinski definition) is 0. The van der Waals surface area contributed by atoms with Crippen LogP contribution in [0, 0.1) is 0 Å². The van der Waals surface area contributed by atoms with Crippen LogP contribution in [0.4, 0.5) is 0 Å². The SMILES string of the molecule is c1ccc(-c2nnc(-n3c4ccccc4c4ccc5occc5c43)n2-c2ccccc2)cc1. The Morgan fingerprint density at radius 1 is 0.576 bits per heavy atom. The maximum Gasteiger partial charge on any atom is 0.241 e. The highest BCUT2D eigenvalue weighted by molar-refractivity contribution is 6.17. The van der Waals surface area contributed by atoms with Crippen molar-refractivity contribution in [2.75, 3.05) is 0 Å². The van der Waals surface area contributed by atoms with Crippen molar-refractivity contribution in [2.24, 2.45) is 0 Å². The van der Waals surface area contributed by atoms with E-state index in [0.29, 0.717) is 0 Å². The lowest BCUT2D eigenvalue weighted by Gasteiger charge is -2.13. The van der Waals surface area contributed by atoms with Gasteiger partial charge in [0.15, 0.2) is 5.82 Å². The summed E-state index contributed by atoms with van der Waals surface area (Å²) in [6.07, 6.45) is 1.74. The van der Waals surface area contributed by atoms with Gasteiger partial charge < -0.3 is 4.42 Å². The fourth-order valence-electron chi connectivity index (χ4n) is 4.72. The molecule has 0 aliphatic carbocycles. The molecule has 0 aliphatic heterocycles. The number of hydrogen-bond acceptors (Lipinski definition) is 3. The van der Waals surface area contributed by atoms with Gasteiger partial charge in [-0.3, -0.25) is 9.13 Å². The van der Waals surface area contributed by atoms with E-state index < -0.39 is 0 Å². The minimum atomic E-state index is 0.736. The zero-order valence-corrected chi connectivity index (χ0v) is 17.6. The van der Waals surface area contributed by atoms with Crippen LogP contribution in [0.25, 0.3) is 55.8 Å². The van der Waals surface area contributed by atoms with Crippen LogP contribution in [0.3, 0.4) is 0 Å². The molecule has 3 heterocycles. The first-order valence-corrected chi connectivity index (χ1v) is 10.9. The quantitative estimate of drug-likeness (QED) is 0.313. The predicted octanol–water partition coefficient (Wildman–Crippen LogP) is 6.78. The lowest BCUT2D eigenvalue weighted by Crippen LogP contribution is -2.06. The Kier molecular flexibility index (Phi) is 3.78. The Labute approximate surface area is 189 Å². The smallest absolute Gasteiger partial charge is 0.241 e. The van der Waals surface area contributed by atoms with E-state index in [1.54, 1.807) is 6.26 Å². The molecule has 0 saturated carbocycles. The van der Waals surface area contributed by atoms with Gasteiger partial charge in [-0.15, -0.1) is 10.2 Å². The van der Waals surface area contributed by atoms with E-state index in [1.807, 2.05) is 48.5 Å². The summed E-state index contributed by atoms with van der Waals surface area (Å²) >= 11 is 0. The maximum atomic E-state index is 5.75. The number of rotatable bonds is 3. The number of fused-ring (bicyclic) bond motifs is 5. The third-order valence-corrected chi connectivity index (χ3v) is 6.16. The van der Waals surface area contributed by atoms with E-state index in [9.17, 15) is 0 Å². The maximum absolute atomic E-state index is 5.75. The van der Waals surface area contributed by atoms with Crippen molar-refractivity contribution in [3.63, 3.8) is 0 Å². The van der Waals surface area contributed by atoms with Gasteiger partial charge in [0.05, 0.1) is 23.0 Å². The summed E-state index contributed by atoms with van der Waals surface area (Å²) in [5, 5.41) is 12.8. The molecule has 0 radical (unpaired) electrons. The average Bonchev–Trinajstić information content (AvgIpc) is 3.60. The summed E-state index contributed by atoms with van der Waals surface area (Å²) in [6.45, 7) is 0. The summed E-state index contributed by atoms with van der Waals surface area (Å²) in [4.78, 5) is 0. The summed E-state index contributed by atoms with van der Waals surface area (Å²) in [7, 11) is 0. The Balaban J connectivity index is 1.66. The van der Waals surface area contributed by atoms with E-state index in [4.69, 9.17) is 9.52 Å². The lowest BCUT2D eigenvalue weighted by molar-refractivity contribution is 0.616. The zero-order valence-electron chi connectivity index (χ0n) is 17.6. The standard InChI is InChI=1S/C28H18N4O/c1-3-9-19(10-4-1)27-29-30-28(31(27)20-11-5-2-6-12-20)32-24-14-8-7-13-21(24)22-15-16-25-23(26(22)32)17-18-33-25/h1-18H. The van der Waals surface area contributed by atoms with Crippen LogP contribution in [0.1, 0.15) is 0 Å². The molecule has 0 unspecified atom stereocenters. The van der Waals surface area contributed by atoms with Crippen LogP contribution in [0.15, 0.2) is 114 Å². The van der Waals surface area contributed by atoms with Gasteiger partial charge in [-0.25, -0.2) is 0 Å². The highest BCUT2D eigenvalue weighted by Gasteiger charge is 2.22. The molecule has 0 amide bonds. The van der Waals surface area contributed by atoms with Gasteiger partial charge >= 0.3 is 0 Å². The number of para-hydroxylation sites is 2. The van der Waals surface area contributed by atoms with Crippen LogP contribution in [0.2, 0.25) is 0 Å². The van der Waals surface area contributed by atoms with Crippen LogP contribution < -0.4 is 0 Å². The van der Waals surface area contributed by atoms with Gasteiger partial charge in [0.1, 0.15) is 5.58 Å². The molecule has 0 atom stereocenters. The van der Waals surface area contributed by atoms with E-state index >= 15 is 0 Å². The molecule has 7 aromatic rings. The molecular weight excluding hydrogens is 408 g/mol. The van der Waals surface area contributed by atoms with Crippen molar-refractivity contribution < 1.29 is 4.42 Å². The number of benzene rings is 4. The summed E-state index contributed by atoms with van der Waals surface area (Å²) in [5.41, 5.74) is 4.99. The van der Waals surface area contributed by atoms with Crippen molar-refractivity contribution >= 4 is 32.8 Å². The van der Waals surface area contributed by atoms with Crippen molar-refractivity contribution in [3.05, 3.63) is 109 Å². The Morgan fingerprint density at radius 3 is 2.18 bits per heavy atom. The van der Waals surface area contributed by atoms with Crippen molar-refractivity contribution in [1.29, 1.82) is 0 Å². The molecule has 0 bridgehead atoms. The normalized spacial score (nSPS) is 11.6. The zero-order chi connectivity index (χ0) is 21.8. The van der Waals surface area contributed by atoms with E-state index in [-0.39, 0.29) is 0 Å². The minimum absolute atomic E-state index is 0.736. The molecule has 5 nitrogen and oxygen atoms in total. The first-order valence-electron chi connectivity index (χ1n) is 10.9. The molecule has 33 heavy (non-hydrogen) atoms. The highest BCUT2D eigenvalue weighted by Crippen LogP contribution is 2.37. The fraction of sp³-hybridized carbons (Fsp3) is 0. The topological polar surface area (TPSA) is 48.8 Å². The number of nitrogens with zero attached hydrogens (tertiary/aromatic N) is 4. The molecule has 0 fully saturated rings. The van der Waals surface area contributed by atoms with Crippen molar-refractivity contribution in [1.82, 2.24) is 19.3 Å². The predicted molar refractivity (Wildman–Crippen MR) is 131 cm³/mol. The van der Waals surface area contributed by atoms with Gasteiger partial charge in [-0.05, 0) is 36.4 Å². The van der Waals surface area contributed by atoms with Crippen LogP contribution in [-0.2, 0) is 0 Å². The Morgan fingerprint density at radius 2 is 1.33 bits per heavy atom. The van der Waals surface area contributed by atoms with Gasteiger partial charge in [-0.1, -0.05) is 66.7 Å². The van der Waals surface area contributed by atoms with Gasteiger partial charge in [0, 0.05) is 21.7 Å². The molecular formula is C28H18N4O. The largest absolute Gasteiger partial charge is 0.464 e. The number of furan rings is 1. The molecule has 156 valence electrons. The molecule has 0 N–H and O–H groups in total. The van der Waals surface area contributed by atoms with Gasteiger partial charge in [0.2, 0.25) is 5.95 Å². The summed E-state index contributed by atoms with van der Waals surface area (Å²) < 4.78 is 10.1. The molecule has 4 aromatic carbocycles. The fourth-order valence-corrected chi connectivity index (χ4v) is 4.72. The van der Waals surface area contributed by atoms with Crippen molar-refractivity contribution in [2.45, 2.75) is 0 Å². The highest BCUT2D eigenvalue weighted by atomic mass is 16.3. The molecule has 7 rings (SSSR count). The van der Waals surface area contributed by atoms with Crippen LogP contribution in [0.5, 0.6) is 0 Å². The second-order valence-corrected chi connectivity index (χ2v) is 8.01. The molecule has 5 heteroatoms. The Bertz CT molecular complexity index is 1760. The van der Waals surface area contributed by atoms with Crippen LogP contribution in [-0.4, -0.2) is 19.3 Å². The molecule has 0 saturated heterocycles. The Hall–Kier alpha value is -4.64. The second-order valence-electron chi connectivity index (χ2n) is 8.01. The monoisotopic (exact) mass is 426 g/mol. The average molecular weight is 426 g/mol. The first kappa shape index (κ1) is 18.0. The molecule has 0 spiro atoms. The van der Waals surface area contributed by atoms with E-state index in [2.05, 4.69) is 68.8 Å². The summed E-state index contributed by atoms with van der Waals surface area (Å²) in [5.74, 6) is 1.53. The minimum Gasteiger partial charge on any atom is -0.464 e. The van der Waals surface area contributed by atoms with Crippen LogP contribution >= 0.6 is 0 Å². The van der Waals surface area contributed by atoms with Gasteiger partial charge in [-0.2, -0.15) is 0 Å². The number of aromatic nitrogens is 4. The van der Waals surface area contributed by atoms with Gasteiger partial charge in [0.25, 0.3) is 0 Å². The molecule has 0 aliphatic rings. The third kappa shape index (κ3) is 2.59. The van der Waals surface area contributed by atoms with E-state index in [0.717, 1.165) is 50.4 Å². The lowest BCUT2D eigenvalue weighted by atomic mass is 10.1. The molecule has 3 aromatic heterocycles. The van der Waals surface area contributed by atoms with E-state index in [1.165, 1.54) is 5.39 Å².